The van der Waals surface area contributed by atoms with E-state index in [9.17, 15) is 14.4 Å². The highest BCUT2D eigenvalue weighted by Gasteiger charge is 2.27. The lowest BCUT2D eigenvalue weighted by molar-refractivity contribution is -0.142. The number of nitrogens with zero attached hydrogens (tertiary/aromatic N) is 1. The molecular weight excluding hydrogens is 274 g/mol. The number of carbonyl (C=O) groups excluding carboxylic acids is 2. The quantitative estimate of drug-likeness (QED) is 0.747. The van der Waals surface area contributed by atoms with Gasteiger partial charge in [0.15, 0.2) is 0 Å². The number of carboxylic acids is 1. The Morgan fingerprint density at radius 1 is 1.19 bits per heavy atom. The van der Waals surface area contributed by atoms with Gasteiger partial charge in [0.1, 0.15) is 5.69 Å². The maximum absolute atomic E-state index is 12.0. The molecule has 0 saturated heterocycles. The number of carbonyl (C=O) groups is 3. The molecule has 0 spiro atoms. The zero-order valence-corrected chi connectivity index (χ0v) is 11.4. The first-order valence-corrected chi connectivity index (χ1v) is 6.77. The van der Waals surface area contributed by atoms with E-state index in [0.29, 0.717) is 25.7 Å². The molecule has 0 unspecified atom stereocenters. The van der Waals surface area contributed by atoms with Gasteiger partial charge in [-0.05, 0) is 37.8 Å². The van der Waals surface area contributed by atoms with E-state index in [-0.39, 0.29) is 29.1 Å². The third-order valence-corrected chi connectivity index (χ3v) is 3.69. The van der Waals surface area contributed by atoms with Crippen molar-refractivity contribution < 1.29 is 19.5 Å². The van der Waals surface area contributed by atoms with Crippen LogP contribution in [0.2, 0.25) is 0 Å². The molecule has 4 N–H and O–H groups in total. The Morgan fingerprint density at radius 2 is 1.86 bits per heavy atom. The summed E-state index contributed by atoms with van der Waals surface area (Å²) in [5, 5.41) is 11.8. The molecule has 2 amide bonds. The number of nitrogens with one attached hydrogen (secondary N) is 1. The molecule has 0 aromatic carbocycles. The van der Waals surface area contributed by atoms with Gasteiger partial charge in [0, 0.05) is 12.2 Å². The molecule has 1 aliphatic carbocycles. The maximum Gasteiger partial charge on any atom is 0.306 e. The number of aromatic nitrogens is 1. The standard InChI is InChI=1S/C14H17N3O4/c15-12(18)9-3-6-11(16-7-9)13(19)17-10-4-1-8(2-5-10)14(20)21/h3,6-8,10H,1-2,4-5H2,(H2,15,18)(H,17,19)(H,20,21). The Morgan fingerprint density at radius 3 is 2.33 bits per heavy atom. The van der Waals surface area contributed by atoms with E-state index < -0.39 is 11.9 Å². The molecule has 1 saturated carbocycles. The average Bonchev–Trinajstić information content (AvgIpc) is 2.47. The van der Waals surface area contributed by atoms with Gasteiger partial charge in [-0.1, -0.05) is 0 Å². The highest BCUT2D eigenvalue weighted by molar-refractivity contribution is 5.95. The lowest BCUT2D eigenvalue weighted by atomic mass is 9.86. The van der Waals surface area contributed by atoms with Gasteiger partial charge in [0.05, 0.1) is 11.5 Å². The zero-order chi connectivity index (χ0) is 15.4. The lowest BCUT2D eigenvalue weighted by Crippen LogP contribution is -2.39. The van der Waals surface area contributed by atoms with Crippen LogP contribution in [-0.4, -0.2) is 33.9 Å². The van der Waals surface area contributed by atoms with E-state index in [4.69, 9.17) is 10.8 Å². The highest BCUT2D eigenvalue weighted by Crippen LogP contribution is 2.24. The molecule has 21 heavy (non-hydrogen) atoms. The molecule has 0 radical (unpaired) electrons. The minimum atomic E-state index is -0.775. The van der Waals surface area contributed by atoms with Crippen LogP contribution in [-0.2, 0) is 4.79 Å². The Labute approximate surface area is 121 Å². The number of hydrogen-bond acceptors (Lipinski definition) is 4. The van der Waals surface area contributed by atoms with Crippen LogP contribution in [0.25, 0.3) is 0 Å². The van der Waals surface area contributed by atoms with Gasteiger partial charge in [-0.15, -0.1) is 0 Å². The van der Waals surface area contributed by atoms with Crippen molar-refractivity contribution in [1.82, 2.24) is 10.3 Å². The SMILES string of the molecule is NC(=O)c1ccc(C(=O)NC2CCC(C(=O)O)CC2)nc1. The second-order valence-corrected chi connectivity index (χ2v) is 5.16. The summed E-state index contributed by atoms with van der Waals surface area (Å²) in [5.41, 5.74) is 5.55. The summed E-state index contributed by atoms with van der Waals surface area (Å²) >= 11 is 0. The summed E-state index contributed by atoms with van der Waals surface area (Å²) in [7, 11) is 0. The third kappa shape index (κ3) is 3.77. The van der Waals surface area contributed by atoms with E-state index in [2.05, 4.69) is 10.3 Å². The van der Waals surface area contributed by atoms with Gasteiger partial charge in [0.2, 0.25) is 5.91 Å². The highest BCUT2D eigenvalue weighted by atomic mass is 16.4. The Bertz CT molecular complexity index is 548. The van der Waals surface area contributed by atoms with Crippen LogP contribution >= 0.6 is 0 Å². The number of rotatable bonds is 4. The first-order valence-electron chi connectivity index (χ1n) is 6.77. The van der Waals surface area contributed by atoms with Gasteiger partial charge in [-0.2, -0.15) is 0 Å². The van der Waals surface area contributed by atoms with Crippen LogP contribution in [0.15, 0.2) is 18.3 Å². The van der Waals surface area contributed by atoms with E-state index in [1.165, 1.54) is 18.3 Å². The monoisotopic (exact) mass is 291 g/mol. The predicted octanol–water partition coefficient (Wildman–Crippen LogP) is 0.554. The second-order valence-electron chi connectivity index (χ2n) is 5.16. The van der Waals surface area contributed by atoms with Crippen molar-refractivity contribution in [3.63, 3.8) is 0 Å². The van der Waals surface area contributed by atoms with Crippen LogP contribution in [0.1, 0.15) is 46.5 Å². The molecule has 0 bridgehead atoms. The number of aliphatic carboxylic acids is 1. The van der Waals surface area contributed by atoms with Gasteiger partial charge < -0.3 is 16.2 Å². The number of pyridine rings is 1. The van der Waals surface area contributed by atoms with Gasteiger partial charge in [-0.3, -0.25) is 19.4 Å². The number of primary amides is 1. The van der Waals surface area contributed by atoms with E-state index in [1.54, 1.807) is 0 Å². The molecule has 1 aromatic rings. The summed E-state index contributed by atoms with van der Waals surface area (Å²) in [6.07, 6.45) is 3.67. The van der Waals surface area contributed by atoms with Crippen molar-refractivity contribution in [3.8, 4) is 0 Å². The normalized spacial score (nSPS) is 21.5. The number of hydrogen-bond donors (Lipinski definition) is 3. The number of amides is 2. The summed E-state index contributed by atoms with van der Waals surface area (Å²) in [5.74, 6) is -2.01. The van der Waals surface area contributed by atoms with Gasteiger partial charge >= 0.3 is 5.97 Å². The summed E-state index contributed by atoms with van der Waals surface area (Å²) in [6.45, 7) is 0. The second kappa shape index (κ2) is 6.34. The van der Waals surface area contributed by atoms with Crippen LogP contribution in [0.5, 0.6) is 0 Å². The molecule has 1 aromatic heterocycles. The van der Waals surface area contributed by atoms with Crippen molar-refractivity contribution in [2.45, 2.75) is 31.7 Å². The summed E-state index contributed by atoms with van der Waals surface area (Å²) < 4.78 is 0. The third-order valence-electron chi connectivity index (χ3n) is 3.69. The predicted molar refractivity (Wildman–Crippen MR) is 73.6 cm³/mol. The largest absolute Gasteiger partial charge is 0.481 e. The number of carboxylic acid groups (broad SMARTS) is 1. The van der Waals surface area contributed by atoms with Crippen molar-refractivity contribution in [1.29, 1.82) is 0 Å². The Balaban J connectivity index is 1.90. The van der Waals surface area contributed by atoms with Crippen molar-refractivity contribution in [2.75, 3.05) is 0 Å². The fraction of sp³-hybridized carbons (Fsp3) is 0.429. The molecule has 1 aliphatic rings. The van der Waals surface area contributed by atoms with Gasteiger partial charge in [0.25, 0.3) is 5.91 Å². The van der Waals surface area contributed by atoms with Crippen molar-refractivity contribution >= 4 is 17.8 Å². The Kier molecular flexibility index (Phi) is 4.52. The fourth-order valence-electron chi connectivity index (χ4n) is 2.42. The van der Waals surface area contributed by atoms with Crippen LogP contribution in [0.3, 0.4) is 0 Å². The minimum Gasteiger partial charge on any atom is -0.481 e. The molecule has 112 valence electrons. The number of nitrogens with two attached hydrogens (primary N) is 1. The fourth-order valence-corrected chi connectivity index (χ4v) is 2.42. The van der Waals surface area contributed by atoms with Gasteiger partial charge in [-0.25, -0.2) is 0 Å². The molecule has 7 nitrogen and oxygen atoms in total. The van der Waals surface area contributed by atoms with E-state index in [0.717, 1.165) is 0 Å². The van der Waals surface area contributed by atoms with Crippen molar-refractivity contribution in [3.05, 3.63) is 29.6 Å². The molecule has 2 rings (SSSR count). The van der Waals surface area contributed by atoms with Crippen molar-refractivity contribution in [2.24, 2.45) is 11.7 Å². The zero-order valence-electron chi connectivity index (χ0n) is 11.4. The van der Waals surface area contributed by atoms with Crippen LogP contribution in [0, 0.1) is 5.92 Å². The first-order chi connectivity index (χ1) is 9.97. The van der Waals surface area contributed by atoms with Crippen LogP contribution in [0.4, 0.5) is 0 Å². The topological polar surface area (TPSA) is 122 Å². The molecular formula is C14H17N3O4. The smallest absolute Gasteiger partial charge is 0.306 e. The van der Waals surface area contributed by atoms with E-state index >= 15 is 0 Å². The lowest BCUT2D eigenvalue weighted by Gasteiger charge is -2.26. The Hall–Kier alpha value is -2.44. The summed E-state index contributed by atoms with van der Waals surface area (Å²) in [6, 6.07) is 2.86. The van der Waals surface area contributed by atoms with Crippen LogP contribution < -0.4 is 11.1 Å². The first kappa shape index (κ1) is 15.0. The summed E-state index contributed by atoms with van der Waals surface area (Å²) in [4.78, 5) is 37.7. The average molecular weight is 291 g/mol. The maximum atomic E-state index is 12.0. The molecule has 0 atom stereocenters. The molecule has 7 heteroatoms. The molecule has 1 heterocycles. The van der Waals surface area contributed by atoms with E-state index in [1.807, 2.05) is 0 Å². The minimum absolute atomic E-state index is 0.0364. The molecule has 0 aliphatic heterocycles. The molecule has 1 fully saturated rings.